The first-order valence-electron chi connectivity index (χ1n) is 7.93. The molecule has 0 fully saturated rings. The van der Waals surface area contributed by atoms with Gasteiger partial charge in [-0.3, -0.25) is 0 Å². The van der Waals surface area contributed by atoms with E-state index < -0.39 is 0 Å². The molecule has 0 saturated heterocycles. The molecule has 25 heavy (non-hydrogen) atoms. The molecule has 0 saturated carbocycles. The zero-order chi connectivity index (χ0) is 16.8. The minimum atomic E-state index is -0.252. The van der Waals surface area contributed by atoms with Crippen LogP contribution in [0.15, 0.2) is 87.1 Å². The first-order chi connectivity index (χ1) is 12.3. The van der Waals surface area contributed by atoms with Gasteiger partial charge in [-0.2, -0.15) is 0 Å². The van der Waals surface area contributed by atoms with Crippen LogP contribution in [0.4, 0.5) is 10.1 Å². The van der Waals surface area contributed by atoms with Crippen LogP contribution >= 0.6 is 11.8 Å². The van der Waals surface area contributed by atoms with Crippen LogP contribution in [0.25, 0.3) is 15.9 Å². The van der Waals surface area contributed by atoms with Crippen molar-refractivity contribution in [3.05, 3.63) is 94.9 Å². The highest BCUT2D eigenvalue weighted by Crippen LogP contribution is 2.38. The van der Waals surface area contributed by atoms with Gasteiger partial charge in [-0.1, -0.05) is 48.2 Å². The average Bonchev–Trinajstić information content (AvgIpc) is 2.92. The highest BCUT2D eigenvalue weighted by Gasteiger charge is 2.17. The Labute approximate surface area is 147 Å². The number of para-hydroxylation sites is 2. The van der Waals surface area contributed by atoms with Crippen molar-refractivity contribution in [1.29, 1.82) is 0 Å². The van der Waals surface area contributed by atoms with E-state index in [0.29, 0.717) is 0 Å². The van der Waals surface area contributed by atoms with Crippen LogP contribution in [0.2, 0.25) is 0 Å². The molecule has 1 aliphatic heterocycles. The van der Waals surface area contributed by atoms with Crippen LogP contribution in [-0.4, -0.2) is 0 Å². The third kappa shape index (κ3) is 2.37. The van der Waals surface area contributed by atoms with Crippen LogP contribution in [0.1, 0.15) is 5.56 Å². The van der Waals surface area contributed by atoms with E-state index >= 15 is 0 Å². The fraction of sp³-hybridized carbons (Fsp3) is 0. The summed E-state index contributed by atoms with van der Waals surface area (Å²) in [6.45, 7) is 0. The predicted octanol–water partition coefficient (Wildman–Crippen LogP) is 4.79. The standard InChI is InChI=1S/C21H12FNOS/c22-14-11-9-13(10-12-14)21-20-19(15-5-1-3-7-17(15)24-20)23-16-6-2-4-8-18(16)25-21/h1-12H. The maximum Gasteiger partial charge on any atom is 0.168 e. The van der Waals surface area contributed by atoms with Crippen molar-refractivity contribution < 1.29 is 8.81 Å². The van der Waals surface area contributed by atoms with Gasteiger partial charge in [-0.25, -0.2) is 9.38 Å². The highest BCUT2D eigenvalue weighted by molar-refractivity contribution is 8.08. The molecule has 2 nitrogen and oxygen atoms in total. The molecule has 4 aromatic rings. The fourth-order valence-corrected chi connectivity index (χ4v) is 4.07. The molecule has 0 radical (unpaired) electrons. The van der Waals surface area contributed by atoms with Crippen molar-refractivity contribution >= 4 is 33.3 Å². The molecule has 4 heteroatoms. The van der Waals surface area contributed by atoms with Gasteiger partial charge in [0.1, 0.15) is 16.8 Å². The number of furan rings is 1. The molecule has 0 amide bonds. The molecule has 0 aliphatic carbocycles. The molecular formula is C21H12FNOS. The Hall–Kier alpha value is -2.85. The average molecular weight is 345 g/mol. The SMILES string of the molecule is Fc1ccc(C2=c3oc4ccccc4c3=Nc3ccccc3S2)cc1. The first kappa shape index (κ1) is 14.5. The van der Waals surface area contributed by atoms with Crippen LogP contribution in [-0.2, 0) is 0 Å². The topological polar surface area (TPSA) is 25.5 Å². The van der Waals surface area contributed by atoms with Crippen LogP contribution < -0.4 is 10.8 Å². The molecule has 1 aromatic heterocycles. The molecule has 2 heterocycles. The van der Waals surface area contributed by atoms with E-state index in [2.05, 4.69) is 0 Å². The Morgan fingerprint density at radius 2 is 1.60 bits per heavy atom. The summed E-state index contributed by atoms with van der Waals surface area (Å²) in [7, 11) is 0. The van der Waals surface area contributed by atoms with E-state index in [4.69, 9.17) is 9.41 Å². The Balaban J connectivity index is 1.93. The second-order valence-corrected chi connectivity index (χ2v) is 6.85. The molecule has 5 rings (SSSR count). The summed E-state index contributed by atoms with van der Waals surface area (Å²) in [6.07, 6.45) is 0. The zero-order valence-electron chi connectivity index (χ0n) is 13.1. The van der Waals surface area contributed by atoms with Gasteiger partial charge < -0.3 is 4.42 Å². The maximum absolute atomic E-state index is 13.4. The normalized spacial score (nSPS) is 13.1. The summed E-state index contributed by atoms with van der Waals surface area (Å²) < 4.78 is 19.5. The molecule has 3 aromatic carbocycles. The van der Waals surface area contributed by atoms with Gasteiger partial charge in [0.15, 0.2) is 5.42 Å². The van der Waals surface area contributed by atoms with Gasteiger partial charge in [0.2, 0.25) is 0 Å². The van der Waals surface area contributed by atoms with E-state index in [1.54, 1.807) is 23.9 Å². The lowest BCUT2D eigenvalue weighted by Gasteiger charge is -2.06. The number of hydrogen-bond donors (Lipinski definition) is 0. The van der Waals surface area contributed by atoms with Crippen molar-refractivity contribution in [3.63, 3.8) is 0 Å². The number of rotatable bonds is 1. The van der Waals surface area contributed by atoms with Gasteiger partial charge in [0, 0.05) is 10.3 Å². The molecule has 0 spiro atoms. The molecule has 120 valence electrons. The molecule has 0 N–H and O–H groups in total. The largest absolute Gasteiger partial charge is 0.453 e. The number of nitrogens with zero attached hydrogens (tertiary/aromatic N) is 1. The lowest BCUT2D eigenvalue weighted by Crippen LogP contribution is -2.22. The number of halogens is 1. The van der Waals surface area contributed by atoms with Crippen molar-refractivity contribution in [2.75, 3.05) is 0 Å². The van der Waals surface area contributed by atoms with Gasteiger partial charge in [-0.15, -0.1) is 0 Å². The maximum atomic E-state index is 13.4. The summed E-state index contributed by atoms with van der Waals surface area (Å²) in [5.41, 5.74) is 3.36. The molecule has 0 unspecified atom stereocenters. The number of benzene rings is 3. The third-order valence-electron chi connectivity index (χ3n) is 4.19. The summed E-state index contributed by atoms with van der Waals surface area (Å²) in [4.78, 5) is 6.87. The molecule has 0 atom stereocenters. The van der Waals surface area contributed by atoms with Gasteiger partial charge in [-0.05, 0) is 42.0 Å². The number of thioether (sulfide) groups is 1. The monoisotopic (exact) mass is 345 g/mol. The third-order valence-corrected chi connectivity index (χ3v) is 5.38. The quantitative estimate of drug-likeness (QED) is 0.496. The Morgan fingerprint density at radius 3 is 2.48 bits per heavy atom. The van der Waals surface area contributed by atoms with Crippen LogP contribution in [0, 0.1) is 5.82 Å². The Bertz CT molecular complexity index is 1220. The Morgan fingerprint density at radius 1 is 0.840 bits per heavy atom. The van der Waals surface area contributed by atoms with E-state index in [-0.39, 0.29) is 5.82 Å². The second kappa shape index (κ2) is 5.60. The number of fused-ring (bicyclic) bond motifs is 4. The summed E-state index contributed by atoms with van der Waals surface area (Å²) in [5.74, 6) is -0.252. The minimum absolute atomic E-state index is 0.252. The zero-order valence-corrected chi connectivity index (χ0v) is 13.9. The highest BCUT2D eigenvalue weighted by atomic mass is 32.2. The van der Waals surface area contributed by atoms with Crippen LogP contribution in [0.3, 0.4) is 0 Å². The van der Waals surface area contributed by atoms with Crippen molar-refractivity contribution in [2.45, 2.75) is 4.90 Å². The van der Waals surface area contributed by atoms with Gasteiger partial charge >= 0.3 is 0 Å². The lowest BCUT2D eigenvalue weighted by molar-refractivity contribution is 0.572. The van der Waals surface area contributed by atoms with Crippen molar-refractivity contribution in [3.8, 4) is 0 Å². The predicted molar refractivity (Wildman–Crippen MR) is 97.9 cm³/mol. The van der Waals surface area contributed by atoms with Crippen molar-refractivity contribution in [2.24, 2.45) is 4.99 Å². The molecular weight excluding hydrogens is 333 g/mol. The van der Waals surface area contributed by atoms with Crippen LogP contribution in [0.5, 0.6) is 0 Å². The number of hydrogen-bond acceptors (Lipinski definition) is 3. The van der Waals surface area contributed by atoms with E-state index in [1.165, 1.54) is 12.1 Å². The van der Waals surface area contributed by atoms with Crippen molar-refractivity contribution in [1.82, 2.24) is 0 Å². The molecule has 0 bridgehead atoms. The van der Waals surface area contributed by atoms with E-state index in [0.717, 1.165) is 42.8 Å². The summed E-state index contributed by atoms with van der Waals surface area (Å²) in [6, 6.07) is 22.4. The smallest absolute Gasteiger partial charge is 0.168 e. The second-order valence-electron chi connectivity index (χ2n) is 5.79. The Kier molecular flexibility index (Phi) is 3.25. The minimum Gasteiger partial charge on any atom is -0.453 e. The van der Waals surface area contributed by atoms with Gasteiger partial charge in [0.25, 0.3) is 0 Å². The fourth-order valence-electron chi connectivity index (χ4n) is 3.00. The van der Waals surface area contributed by atoms with E-state index in [1.807, 2.05) is 48.5 Å². The van der Waals surface area contributed by atoms with E-state index in [9.17, 15) is 4.39 Å². The first-order valence-corrected chi connectivity index (χ1v) is 8.75. The molecule has 1 aliphatic rings. The lowest BCUT2D eigenvalue weighted by atomic mass is 10.2. The summed E-state index contributed by atoms with van der Waals surface area (Å²) >= 11 is 1.60. The van der Waals surface area contributed by atoms with Gasteiger partial charge in [0.05, 0.1) is 10.6 Å². The summed E-state index contributed by atoms with van der Waals surface area (Å²) in [5, 5.41) is 1.81.